The number of hydrogen-bond acceptors (Lipinski definition) is 3. The van der Waals surface area contributed by atoms with Crippen molar-refractivity contribution in [2.24, 2.45) is 0 Å². The lowest BCUT2D eigenvalue weighted by Gasteiger charge is -2.19. The number of rotatable bonds is 5. The molecule has 2 nitrogen and oxygen atoms in total. The van der Waals surface area contributed by atoms with E-state index in [9.17, 15) is 0 Å². The van der Waals surface area contributed by atoms with Crippen LogP contribution < -0.4 is 4.90 Å². The Hall–Kier alpha value is -2.13. The van der Waals surface area contributed by atoms with Crippen molar-refractivity contribution >= 4 is 22.2 Å². The molecule has 0 aliphatic heterocycles. The van der Waals surface area contributed by atoms with Gasteiger partial charge in [-0.2, -0.15) is 0 Å². The molecule has 0 saturated carbocycles. The third-order valence-electron chi connectivity index (χ3n) is 3.58. The van der Waals surface area contributed by atoms with Gasteiger partial charge in [0, 0.05) is 22.7 Å². The van der Waals surface area contributed by atoms with E-state index in [0.717, 1.165) is 29.4 Å². The summed E-state index contributed by atoms with van der Waals surface area (Å²) in [6.07, 6.45) is 0.758. The average molecular weight is 307 g/mol. The quantitative estimate of drug-likeness (QED) is 0.632. The standard InChI is InChI=1S/C19H19N2S/c1-3-17-18(15-11-7-5-8-12-15)20-19(22-17)21(4-2)16-13-9-6-10-14-16/h5-14H,1,3-4H2,2H3. The van der Waals surface area contributed by atoms with Gasteiger partial charge in [-0.1, -0.05) is 48.5 Å². The second-order valence-corrected chi connectivity index (χ2v) is 6.03. The van der Waals surface area contributed by atoms with Crippen LogP contribution in [0.2, 0.25) is 0 Å². The fourth-order valence-electron chi connectivity index (χ4n) is 2.48. The van der Waals surface area contributed by atoms with Gasteiger partial charge in [0.1, 0.15) is 0 Å². The molecular formula is C19H19N2S. The summed E-state index contributed by atoms with van der Waals surface area (Å²) >= 11 is 1.73. The maximum Gasteiger partial charge on any atom is 0.190 e. The first-order valence-electron chi connectivity index (χ1n) is 7.50. The van der Waals surface area contributed by atoms with Crippen molar-refractivity contribution in [1.29, 1.82) is 0 Å². The number of hydrogen-bond donors (Lipinski definition) is 0. The zero-order valence-corrected chi connectivity index (χ0v) is 13.5. The normalized spacial score (nSPS) is 10.6. The molecule has 0 saturated heterocycles. The van der Waals surface area contributed by atoms with Crippen LogP contribution in [0.25, 0.3) is 11.3 Å². The first kappa shape index (κ1) is 14.8. The number of thiazole rings is 1. The largest absolute Gasteiger partial charge is 0.318 e. The van der Waals surface area contributed by atoms with Crippen LogP contribution in [0.1, 0.15) is 11.8 Å². The number of anilines is 2. The van der Waals surface area contributed by atoms with Crippen molar-refractivity contribution < 1.29 is 0 Å². The topological polar surface area (TPSA) is 16.1 Å². The molecule has 0 fully saturated rings. The molecule has 0 N–H and O–H groups in total. The molecule has 3 aromatic rings. The van der Waals surface area contributed by atoms with Crippen molar-refractivity contribution in [2.45, 2.75) is 13.3 Å². The van der Waals surface area contributed by atoms with Gasteiger partial charge in [-0.15, -0.1) is 11.3 Å². The zero-order valence-electron chi connectivity index (χ0n) is 12.7. The first-order valence-corrected chi connectivity index (χ1v) is 8.32. The third-order valence-corrected chi connectivity index (χ3v) is 4.71. The molecule has 0 spiro atoms. The van der Waals surface area contributed by atoms with Gasteiger partial charge in [-0.3, -0.25) is 0 Å². The second kappa shape index (κ2) is 6.75. The number of aromatic nitrogens is 1. The minimum Gasteiger partial charge on any atom is -0.318 e. The molecular weight excluding hydrogens is 288 g/mol. The summed E-state index contributed by atoms with van der Waals surface area (Å²) in [4.78, 5) is 8.38. The molecule has 0 amide bonds. The lowest BCUT2D eigenvalue weighted by atomic mass is 10.1. The molecule has 0 aliphatic carbocycles. The number of para-hydroxylation sites is 1. The lowest BCUT2D eigenvalue weighted by molar-refractivity contribution is 1.01. The van der Waals surface area contributed by atoms with E-state index >= 15 is 0 Å². The predicted octanol–water partition coefficient (Wildman–Crippen LogP) is 5.34. The molecule has 22 heavy (non-hydrogen) atoms. The number of nitrogens with zero attached hydrogens (tertiary/aromatic N) is 2. The Kier molecular flexibility index (Phi) is 4.54. The summed E-state index contributed by atoms with van der Waals surface area (Å²) in [7, 11) is 0. The Morgan fingerprint density at radius 2 is 1.64 bits per heavy atom. The zero-order chi connectivity index (χ0) is 15.4. The van der Waals surface area contributed by atoms with Gasteiger partial charge >= 0.3 is 0 Å². The molecule has 0 bridgehead atoms. The molecule has 3 heteroatoms. The average Bonchev–Trinajstić information content (AvgIpc) is 3.01. The van der Waals surface area contributed by atoms with E-state index in [1.54, 1.807) is 11.3 Å². The smallest absolute Gasteiger partial charge is 0.190 e. The SMILES string of the molecule is [CH2]Cc1sc(N(CC)c2ccccc2)nc1-c1ccccc1. The van der Waals surface area contributed by atoms with Crippen molar-refractivity contribution in [1.82, 2.24) is 4.98 Å². The van der Waals surface area contributed by atoms with Gasteiger partial charge in [0.15, 0.2) is 5.13 Å². The van der Waals surface area contributed by atoms with Crippen molar-refractivity contribution in [3.63, 3.8) is 0 Å². The molecule has 0 atom stereocenters. The molecule has 1 aromatic heterocycles. The van der Waals surface area contributed by atoms with Crippen LogP contribution in [0.4, 0.5) is 10.8 Å². The van der Waals surface area contributed by atoms with Crippen molar-refractivity contribution in [3.05, 3.63) is 72.5 Å². The lowest BCUT2D eigenvalue weighted by Crippen LogP contribution is -2.15. The summed E-state index contributed by atoms with van der Waals surface area (Å²) < 4.78 is 0. The third kappa shape index (κ3) is 2.90. The molecule has 0 aliphatic rings. The summed E-state index contributed by atoms with van der Waals surface area (Å²) in [5.41, 5.74) is 3.40. The Morgan fingerprint density at radius 1 is 1.00 bits per heavy atom. The van der Waals surface area contributed by atoms with Gasteiger partial charge in [0.2, 0.25) is 0 Å². The van der Waals surface area contributed by atoms with E-state index in [4.69, 9.17) is 4.98 Å². The minimum absolute atomic E-state index is 0.758. The van der Waals surface area contributed by atoms with Crippen LogP contribution in [-0.2, 0) is 6.42 Å². The summed E-state index contributed by atoms with van der Waals surface area (Å²) in [6, 6.07) is 20.8. The Balaban J connectivity index is 2.03. The fourth-order valence-corrected chi connectivity index (χ4v) is 3.55. The Bertz CT molecular complexity index is 720. The monoisotopic (exact) mass is 307 g/mol. The highest BCUT2D eigenvalue weighted by Crippen LogP contribution is 2.36. The van der Waals surface area contributed by atoms with E-state index < -0.39 is 0 Å². The number of benzene rings is 2. The van der Waals surface area contributed by atoms with Gasteiger partial charge in [0.05, 0.1) is 5.69 Å². The molecule has 1 radical (unpaired) electrons. The Morgan fingerprint density at radius 3 is 2.23 bits per heavy atom. The van der Waals surface area contributed by atoms with Crippen LogP contribution in [0, 0.1) is 6.92 Å². The van der Waals surface area contributed by atoms with Gasteiger partial charge in [0.25, 0.3) is 0 Å². The first-order chi connectivity index (χ1) is 10.8. The van der Waals surface area contributed by atoms with Gasteiger partial charge in [-0.05, 0) is 32.4 Å². The van der Waals surface area contributed by atoms with Gasteiger partial charge in [-0.25, -0.2) is 4.98 Å². The summed E-state index contributed by atoms with van der Waals surface area (Å²) in [5.74, 6) is 0. The van der Waals surface area contributed by atoms with E-state index in [1.165, 1.54) is 10.6 Å². The van der Waals surface area contributed by atoms with Crippen LogP contribution in [0.5, 0.6) is 0 Å². The van der Waals surface area contributed by atoms with E-state index in [-0.39, 0.29) is 0 Å². The second-order valence-electron chi connectivity index (χ2n) is 4.96. The van der Waals surface area contributed by atoms with Crippen LogP contribution in [-0.4, -0.2) is 11.5 Å². The highest BCUT2D eigenvalue weighted by molar-refractivity contribution is 7.16. The Labute approximate surface area is 136 Å². The van der Waals surface area contributed by atoms with Crippen molar-refractivity contribution in [3.8, 4) is 11.3 Å². The van der Waals surface area contributed by atoms with E-state index in [0.29, 0.717) is 0 Å². The summed E-state index contributed by atoms with van der Waals surface area (Å²) in [5, 5.41) is 1.03. The maximum atomic E-state index is 4.90. The van der Waals surface area contributed by atoms with Crippen LogP contribution in [0.15, 0.2) is 60.7 Å². The van der Waals surface area contributed by atoms with Crippen LogP contribution >= 0.6 is 11.3 Å². The minimum atomic E-state index is 0.758. The van der Waals surface area contributed by atoms with E-state index in [2.05, 4.69) is 67.3 Å². The molecule has 111 valence electrons. The molecule has 0 unspecified atom stereocenters. The van der Waals surface area contributed by atoms with Gasteiger partial charge < -0.3 is 4.90 Å². The van der Waals surface area contributed by atoms with Crippen molar-refractivity contribution in [2.75, 3.05) is 11.4 Å². The highest BCUT2D eigenvalue weighted by Gasteiger charge is 2.16. The highest BCUT2D eigenvalue weighted by atomic mass is 32.1. The maximum absolute atomic E-state index is 4.90. The molecule has 3 rings (SSSR count). The predicted molar refractivity (Wildman–Crippen MR) is 95.7 cm³/mol. The van der Waals surface area contributed by atoms with Crippen LogP contribution in [0.3, 0.4) is 0 Å². The summed E-state index contributed by atoms with van der Waals surface area (Å²) in [6.45, 7) is 7.11. The molecule has 1 heterocycles. The van der Waals surface area contributed by atoms with E-state index in [1.807, 2.05) is 12.1 Å². The fraction of sp³-hybridized carbons (Fsp3) is 0.158. The molecule has 2 aromatic carbocycles.